The minimum atomic E-state index is -0.384. The molecule has 24 heavy (non-hydrogen) atoms. The van der Waals surface area contributed by atoms with Crippen LogP contribution in [0.4, 0.5) is 0 Å². The van der Waals surface area contributed by atoms with Crippen molar-refractivity contribution in [2.45, 2.75) is 53.3 Å². The van der Waals surface area contributed by atoms with Crippen LogP contribution in [0.5, 0.6) is 0 Å². The van der Waals surface area contributed by atoms with Gasteiger partial charge >= 0.3 is 5.97 Å². The van der Waals surface area contributed by atoms with E-state index < -0.39 is 0 Å². The molecule has 1 saturated heterocycles. The summed E-state index contributed by atoms with van der Waals surface area (Å²) in [5.74, 6) is 0.530. The van der Waals surface area contributed by atoms with Gasteiger partial charge in [0.25, 0.3) is 0 Å². The number of carbonyl (C=O) groups is 3. The minimum absolute atomic E-state index is 0. The number of ether oxygens (including phenoxy) is 2. The highest BCUT2D eigenvalue weighted by atomic mass is 127. The number of rotatable bonds is 3. The van der Waals surface area contributed by atoms with E-state index in [4.69, 9.17) is 4.74 Å². The van der Waals surface area contributed by atoms with Crippen LogP contribution >= 0.6 is 35.2 Å². The molecular weight excluding hydrogens is 447 g/mol. The third-order valence-corrected chi connectivity index (χ3v) is 3.12. The van der Waals surface area contributed by atoms with Gasteiger partial charge in [0.1, 0.15) is 6.23 Å². The molecule has 2 amide bonds. The fourth-order valence-corrected chi connectivity index (χ4v) is 1.75. The molecule has 0 spiro atoms. The molecule has 2 N–H and O–H groups in total. The van der Waals surface area contributed by atoms with Crippen molar-refractivity contribution in [1.29, 1.82) is 0 Å². The van der Waals surface area contributed by atoms with E-state index in [1.54, 1.807) is 0 Å². The number of hydrogen-bond donors (Lipinski definition) is 3. The number of nitrogens with one attached hydrogen (secondary N) is 2. The third kappa shape index (κ3) is 17.8. The Labute approximate surface area is 164 Å². The van der Waals surface area contributed by atoms with E-state index in [-0.39, 0.29) is 37.5 Å². The normalized spacial score (nSPS) is 18.2. The number of thiol groups is 1. The molecule has 0 aromatic rings. The molecule has 0 aromatic heterocycles. The van der Waals surface area contributed by atoms with Crippen LogP contribution in [0.15, 0.2) is 0 Å². The van der Waals surface area contributed by atoms with Gasteiger partial charge in [-0.1, -0.05) is 36.9 Å². The lowest BCUT2D eigenvalue weighted by molar-refractivity contribution is -0.138. The van der Waals surface area contributed by atoms with Crippen LogP contribution in [0.2, 0.25) is 0 Å². The van der Waals surface area contributed by atoms with Crippen LogP contribution in [0.1, 0.15) is 41.0 Å². The van der Waals surface area contributed by atoms with Crippen molar-refractivity contribution in [1.82, 2.24) is 10.6 Å². The van der Waals surface area contributed by atoms with E-state index in [1.165, 1.54) is 21.0 Å². The lowest BCUT2D eigenvalue weighted by Crippen LogP contribution is -2.55. The summed E-state index contributed by atoms with van der Waals surface area (Å²) >= 11 is 5.78. The first kappa shape index (κ1) is 28.3. The topological polar surface area (TPSA) is 93.7 Å². The minimum Gasteiger partial charge on any atom is -0.469 e. The first-order chi connectivity index (χ1) is 10.8. The summed E-state index contributed by atoms with van der Waals surface area (Å²) in [6.07, 6.45) is 1.36. The highest BCUT2D eigenvalue weighted by Gasteiger charge is 2.27. The molecule has 1 aliphatic heterocycles. The van der Waals surface area contributed by atoms with Crippen LogP contribution in [0, 0.1) is 0 Å². The average Bonchev–Trinajstić information content (AvgIpc) is 2.50. The molecule has 1 heterocycles. The van der Waals surface area contributed by atoms with Gasteiger partial charge in [0.15, 0.2) is 0 Å². The molecule has 0 radical (unpaired) electrons. The first-order valence-electron chi connectivity index (χ1n) is 7.21. The predicted molar refractivity (Wildman–Crippen MR) is 108 cm³/mol. The summed E-state index contributed by atoms with van der Waals surface area (Å²) in [5, 5.41) is 5.52. The van der Waals surface area contributed by atoms with E-state index in [0.29, 0.717) is 11.0 Å². The number of esters is 1. The van der Waals surface area contributed by atoms with Gasteiger partial charge in [-0.05, 0) is 18.6 Å². The van der Waals surface area contributed by atoms with Gasteiger partial charge in [-0.15, -0.1) is 0 Å². The Bertz CT molecular complexity index is 359. The summed E-state index contributed by atoms with van der Waals surface area (Å²) < 4.78 is 9.92. The van der Waals surface area contributed by atoms with Crippen LogP contribution in [-0.4, -0.2) is 54.0 Å². The zero-order valence-corrected chi connectivity index (χ0v) is 17.1. The van der Waals surface area contributed by atoms with Crippen molar-refractivity contribution in [2.75, 3.05) is 23.9 Å². The van der Waals surface area contributed by atoms with E-state index >= 15 is 0 Å². The quantitative estimate of drug-likeness (QED) is 0.250. The number of alkyl halides is 1. The van der Waals surface area contributed by atoms with Gasteiger partial charge in [0.05, 0.1) is 17.6 Å². The van der Waals surface area contributed by atoms with E-state index in [1.807, 2.05) is 29.5 Å². The van der Waals surface area contributed by atoms with Crippen molar-refractivity contribution < 1.29 is 23.9 Å². The highest BCUT2D eigenvalue weighted by molar-refractivity contribution is 14.1. The standard InChI is InChI=1S/C9H15IN2O3.C3H6O2.C2H6S.CH4/c1-6(13)11-7-3-2-4-15-9(7)12-8(14)5-10;1-3(4)5-2;1-2-3;/h7,9H,2-5H2,1H3,(H,11,13)(H,12,14);1-2H3;3H,2H2,1H3;1H4. The average molecular weight is 478 g/mol. The second-order valence-electron chi connectivity index (χ2n) is 4.45. The van der Waals surface area contributed by atoms with E-state index in [9.17, 15) is 14.4 Å². The van der Waals surface area contributed by atoms with Gasteiger partial charge in [0, 0.05) is 20.5 Å². The highest BCUT2D eigenvalue weighted by Crippen LogP contribution is 2.12. The lowest BCUT2D eigenvalue weighted by Gasteiger charge is -2.32. The number of carbonyl (C=O) groups excluding carboxylic acids is 3. The van der Waals surface area contributed by atoms with Crippen LogP contribution < -0.4 is 10.6 Å². The van der Waals surface area contributed by atoms with Crippen molar-refractivity contribution in [3.8, 4) is 0 Å². The van der Waals surface area contributed by atoms with Gasteiger partial charge in [0.2, 0.25) is 11.8 Å². The lowest BCUT2D eigenvalue weighted by atomic mass is 10.1. The Morgan fingerprint density at radius 2 is 1.79 bits per heavy atom. The van der Waals surface area contributed by atoms with Crippen molar-refractivity contribution in [3.05, 3.63) is 0 Å². The maximum Gasteiger partial charge on any atom is 0.302 e. The molecular formula is C15H31IN2O5S. The van der Waals surface area contributed by atoms with E-state index in [0.717, 1.165) is 18.6 Å². The number of hydrogen-bond acceptors (Lipinski definition) is 6. The Kier molecular flexibility index (Phi) is 22.1. The first-order valence-corrected chi connectivity index (χ1v) is 9.37. The van der Waals surface area contributed by atoms with Crippen LogP contribution in [-0.2, 0) is 23.9 Å². The predicted octanol–water partition coefficient (Wildman–Crippen LogP) is 1.93. The second-order valence-corrected chi connectivity index (χ2v) is 5.85. The number of methoxy groups -OCH3 is 1. The SMILES string of the molecule is C.CC(=O)NC1CCCOC1NC(=O)CI.CCS.COC(C)=O. The Morgan fingerprint density at radius 3 is 2.17 bits per heavy atom. The Balaban J connectivity index is -0.000000414. The third-order valence-electron chi connectivity index (χ3n) is 2.42. The number of halogens is 1. The molecule has 2 unspecified atom stereocenters. The molecule has 144 valence electrons. The Hall–Kier alpha value is -0.550. The molecule has 1 rings (SSSR count). The summed E-state index contributed by atoms with van der Waals surface area (Å²) in [6.45, 7) is 5.44. The Morgan fingerprint density at radius 1 is 1.29 bits per heavy atom. The van der Waals surface area contributed by atoms with Crippen molar-refractivity contribution in [2.24, 2.45) is 0 Å². The zero-order valence-electron chi connectivity index (χ0n) is 14.1. The molecule has 0 saturated carbocycles. The monoisotopic (exact) mass is 478 g/mol. The summed E-state index contributed by atoms with van der Waals surface area (Å²) in [4.78, 5) is 31.7. The van der Waals surface area contributed by atoms with Gasteiger partial charge in [-0.2, -0.15) is 12.6 Å². The van der Waals surface area contributed by atoms with Crippen LogP contribution in [0.3, 0.4) is 0 Å². The molecule has 1 aliphatic rings. The zero-order chi connectivity index (χ0) is 18.3. The fraction of sp³-hybridized carbons (Fsp3) is 0.800. The smallest absolute Gasteiger partial charge is 0.302 e. The van der Waals surface area contributed by atoms with Gasteiger partial charge < -0.3 is 20.1 Å². The maximum atomic E-state index is 11.2. The second kappa shape index (κ2) is 18.8. The van der Waals surface area contributed by atoms with Gasteiger partial charge in [-0.25, -0.2) is 0 Å². The fourth-order valence-electron chi connectivity index (χ4n) is 1.53. The molecule has 0 bridgehead atoms. The van der Waals surface area contributed by atoms with Crippen molar-refractivity contribution >= 4 is 53.0 Å². The molecule has 0 aromatic carbocycles. The van der Waals surface area contributed by atoms with E-state index in [2.05, 4.69) is 28.0 Å². The summed E-state index contributed by atoms with van der Waals surface area (Å²) in [7, 11) is 1.35. The molecule has 2 atom stereocenters. The van der Waals surface area contributed by atoms with Crippen molar-refractivity contribution in [3.63, 3.8) is 0 Å². The molecule has 0 aliphatic carbocycles. The largest absolute Gasteiger partial charge is 0.469 e. The van der Waals surface area contributed by atoms with Crippen LogP contribution in [0.25, 0.3) is 0 Å². The molecule has 9 heteroatoms. The molecule has 7 nitrogen and oxygen atoms in total. The summed E-state index contributed by atoms with van der Waals surface area (Å²) in [6, 6.07) is -0.108. The maximum absolute atomic E-state index is 11.2. The summed E-state index contributed by atoms with van der Waals surface area (Å²) in [5.41, 5.74) is 0. The number of amides is 2. The molecule has 1 fully saturated rings. The van der Waals surface area contributed by atoms with Gasteiger partial charge in [-0.3, -0.25) is 14.4 Å².